The molecule has 0 aliphatic carbocycles. The van der Waals surface area contributed by atoms with Gasteiger partial charge in [-0.2, -0.15) is 0 Å². The molecule has 0 aromatic heterocycles. The maximum absolute atomic E-state index is 13.5. The molecule has 2 rings (SSSR count). The van der Waals surface area contributed by atoms with Gasteiger partial charge in [0.15, 0.2) is 0 Å². The molecule has 6 heteroatoms. The summed E-state index contributed by atoms with van der Waals surface area (Å²) in [6, 6.07) is 13.1. The Morgan fingerprint density at radius 3 is 2.45 bits per heavy atom. The fraction of sp³-hybridized carbons (Fsp3) is 0.188. The Hall–Kier alpha value is -2.18. The van der Waals surface area contributed by atoms with Crippen molar-refractivity contribution in [3.05, 3.63) is 65.5 Å². The average molecular weight is 301 g/mol. The van der Waals surface area contributed by atoms with Crippen molar-refractivity contribution in [2.24, 2.45) is 0 Å². The number of rotatable bonds is 5. The van der Waals surface area contributed by atoms with Gasteiger partial charge in [0.05, 0.1) is 0 Å². The van der Waals surface area contributed by atoms with E-state index in [1.54, 1.807) is 4.90 Å². The van der Waals surface area contributed by atoms with Crippen LogP contribution in [0.25, 0.3) is 0 Å². The molecular weight excluding hydrogens is 284 g/mol. The van der Waals surface area contributed by atoms with E-state index in [9.17, 15) is 9.18 Å². The normalized spacial score (nSPS) is 10.4. The maximum Gasteiger partial charge on any atom is 0.491 e. The van der Waals surface area contributed by atoms with Gasteiger partial charge in [0.1, 0.15) is 5.82 Å². The second kappa shape index (κ2) is 7.20. The molecule has 0 radical (unpaired) electrons. The van der Waals surface area contributed by atoms with Crippen molar-refractivity contribution in [3.63, 3.8) is 0 Å². The number of nitrogens with zero attached hydrogens (tertiary/aromatic N) is 1. The molecule has 2 aromatic carbocycles. The van der Waals surface area contributed by atoms with E-state index < -0.39 is 12.9 Å². The van der Waals surface area contributed by atoms with Crippen LogP contribution in [0.1, 0.15) is 22.8 Å². The quantitative estimate of drug-likeness (QED) is 0.815. The molecule has 0 atom stereocenters. The summed E-state index contributed by atoms with van der Waals surface area (Å²) in [6.07, 6.45) is 0. The van der Waals surface area contributed by atoms with Crippen LogP contribution in [0.3, 0.4) is 0 Å². The lowest BCUT2D eigenvalue weighted by atomic mass is 9.79. The number of benzene rings is 2. The smallest absolute Gasteiger partial charge is 0.423 e. The molecular formula is C16H17BFNO3. The van der Waals surface area contributed by atoms with E-state index in [1.807, 2.05) is 37.3 Å². The van der Waals surface area contributed by atoms with Crippen LogP contribution in [0, 0.1) is 5.82 Å². The van der Waals surface area contributed by atoms with Crippen molar-refractivity contribution >= 4 is 18.5 Å². The Bertz CT molecular complexity index is 649. The lowest BCUT2D eigenvalue weighted by Gasteiger charge is -2.21. The van der Waals surface area contributed by atoms with Crippen molar-refractivity contribution in [2.45, 2.75) is 13.5 Å². The summed E-state index contributed by atoms with van der Waals surface area (Å²) >= 11 is 0. The molecule has 0 saturated heterocycles. The summed E-state index contributed by atoms with van der Waals surface area (Å²) in [7, 11) is -1.95. The van der Waals surface area contributed by atoms with Crippen LogP contribution in [0.15, 0.2) is 48.5 Å². The summed E-state index contributed by atoms with van der Waals surface area (Å²) < 4.78 is 13.5. The lowest BCUT2D eigenvalue weighted by Crippen LogP contribution is -2.35. The molecule has 2 aromatic rings. The predicted octanol–water partition coefficient (Wildman–Crippen LogP) is 1.17. The Balaban J connectivity index is 2.23. The Kier molecular flexibility index (Phi) is 5.30. The van der Waals surface area contributed by atoms with Gasteiger partial charge in [0, 0.05) is 24.1 Å². The molecule has 2 N–H and O–H groups in total. The number of halogens is 1. The van der Waals surface area contributed by atoms with E-state index in [-0.39, 0.29) is 16.9 Å². The number of carbonyl (C=O) groups excluding carboxylic acids is 1. The van der Waals surface area contributed by atoms with E-state index in [1.165, 1.54) is 12.1 Å². The largest absolute Gasteiger partial charge is 0.491 e. The molecule has 0 bridgehead atoms. The summed E-state index contributed by atoms with van der Waals surface area (Å²) in [6.45, 7) is 2.78. The first-order valence-electron chi connectivity index (χ1n) is 7.01. The first-order valence-corrected chi connectivity index (χ1v) is 7.01. The minimum atomic E-state index is -1.95. The topological polar surface area (TPSA) is 60.8 Å². The van der Waals surface area contributed by atoms with Crippen LogP contribution in [0.5, 0.6) is 0 Å². The Morgan fingerprint density at radius 1 is 1.18 bits per heavy atom. The van der Waals surface area contributed by atoms with Crippen LogP contribution < -0.4 is 5.46 Å². The monoisotopic (exact) mass is 301 g/mol. The summed E-state index contributed by atoms with van der Waals surface area (Å²) in [5.41, 5.74) is 0.908. The molecule has 1 amide bonds. The Labute approximate surface area is 129 Å². The third kappa shape index (κ3) is 3.72. The fourth-order valence-electron chi connectivity index (χ4n) is 2.19. The highest BCUT2D eigenvalue weighted by Crippen LogP contribution is 2.10. The number of amides is 1. The van der Waals surface area contributed by atoms with Crippen LogP contribution in [-0.2, 0) is 6.54 Å². The van der Waals surface area contributed by atoms with Gasteiger partial charge >= 0.3 is 7.12 Å². The number of hydrogen-bond acceptors (Lipinski definition) is 3. The van der Waals surface area contributed by atoms with Crippen LogP contribution >= 0.6 is 0 Å². The van der Waals surface area contributed by atoms with Crippen LogP contribution in [-0.4, -0.2) is 34.5 Å². The molecule has 4 nitrogen and oxygen atoms in total. The van der Waals surface area contributed by atoms with Crippen molar-refractivity contribution < 1.29 is 19.2 Å². The average Bonchev–Trinajstić information content (AvgIpc) is 2.53. The molecule has 0 saturated carbocycles. The molecule has 114 valence electrons. The van der Waals surface area contributed by atoms with E-state index >= 15 is 0 Å². The van der Waals surface area contributed by atoms with E-state index in [4.69, 9.17) is 10.0 Å². The second-order valence-electron chi connectivity index (χ2n) is 4.91. The van der Waals surface area contributed by atoms with Gasteiger partial charge in [-0.25, -0.2) is 4.39 Å². The highest BCUT2D eigenvalue weighted by Gasteiger charge is 2.21. The molecule has 0 aliphatic rings. The molecule has 0 fully saturated rings. The summed E-state index contributed by atoms with van der Waals surface area (Å²) in [5, 5.41) is 18.3. The van der Waals surface area contributed by atoms with Gasteiger partial charge in [-0.3, -0.25) is 4.79 Å². The zero-order chi connectivity index (χ0) is 16.1. The Morgan fingerprint density at radius 2 is 1.86 bits per heavy atom. The zero-order valence-electron chi connectivity index (χ0n) is 12.2. The van der Waals surface area contributed by atoms with Crippen molar-refractivity contribution in [2.75, 3.05) is 6.54 Å². The molecule has 0 heterocycles. The minimum Gasteiger partial charge on any atom is -0.423 e. The van der Waals surface area contributed by atoms with Crippen molar-refractivity contribution in [1.82, 2.24) is 4.90 Å². The van der Waals surface area contributed by atoms with Crippen molar-refractivity contribution in [1.29, 1.82) is 0 Å². The first kappa shape index (κ1) is 16.2. The fourth-order valence-corrected chi connectivity index (χ4v) is 2.19. The number of carbonyl (C=O) groups is 1. The molecule has 0 unspecified atom stereocenters. The van der Waals surface area contributed by atoms with Gasteiger partial charge in [0.2, 0.25) is 0 Å². The molecule has 0 aliphatic heterocycles. The predicted molar refractivity (Wildman–Crippen MR) is 83.1 cm³/mol. The minimum absolute atomic E-state index is 0.224. The van der Waals surface area contributed by atoms with Gasteiger partial charge < -0.3 is 14.9 Å². The van der Waals surface area contributed by atoms with Crippen molar-refractivity contribution in [3.8, 4) is 0 Å². The molecule has 0 spiro atoms. The van der Waals surface area contributed by atoms with Gasteiger partial charge in [0.25, 0.3) is 5.91 Å². The maximum atomic E-state index is 13.5. The van der Waals surface area contributed by atoms with Gasteiger partial charge in [-0.05, 0) is 30.7 Å². The second-order valence-corrected chi connectivity index (χ2v) is 4.91. The van der Waals surface area contributed by atoms with Gasteiger partial charge in [-0.15, -0.1) is 0 Å². The molecule has 22 heavy (non-hydrogen) atoms. The highest BCUT2D eigenvalue weighted by atomic mass is 19.1. The van der Waals surface area contributed by atoms with E-state index in [2.05, 4.69) is 0 Å². The SMILES string of the molecule is CCN(Cc1ccccc1)C(=O)c1ccc(F)c(B(O)O)c1. The van der Waals surface area contributed by atoms with Crippen LogP contribution in [0.4, 0.5) is 4.39 Å². The van der Waals surface area contributed by atoms with Gasteiger partial charge in [-0.1, -0.05) is 30.3 Å². The standard InChI is InChI=1S/C16H17BFNO3/c1-2-19(11-12-6-4-3-5-7-12)16(20)13-8-9-15(18)14(10-13)17(21)22/h3-10,21-22H,2,11H2,1H3. The lowest BCUT2D eigenvalue weighted by molar-refractivity contribution is 0.0752. The van der Waals surface area contributed by atoms with E-state index in [0.29, 0.717) is 13.1 Å². The number of hydrogen-bond donors (Lipinski definition) is 2. The summed E-state index contributed by atoms with van der Waals surface area (Å²) in [5.74, 6) is -1.04. The third-order valence-corrected chi connectivity index (χ3v) is 3.41. The van der Waals surface area contributed by atoms with E-state index in [0.717, 1.165) is 11.6 Å². The first-order chi connectivity index (χ1) is 10.5. The zero-order valence-corrected chi connectivity index (χ0v) is 12.2. The summed E-state index contributed by atoms with van der Waals surface area (Å²) in [4.78, 5) is 14.1. The third-order valence-electron chi connectivity index (χ3n) is 3.41. The van der Waals surface area contributed by atoms with Crippen LogP contribution in [0.2, 0.25) is 0 Å². The highest BCUT2D eigenvalue weighted by molar-refractivity contribution is 6.58.